The van der Waals surface area contributed by atoms with Crippen molar-refractivity contribution in [3.05, 3.63) is 36.0 Å². The molecule has 8 heteroatoms. The Balaban J connectivity index is 1.45. The van der Waals surface area contributed by atoms with Gasteiger partial charge in [-0.2, -0.15) is 0 Å². The summed E-state index contributed by atoms with van der Waals surface area (Å²) in [6.45, 7) is 5.17. The van der Waals surface area contributed by atoms with E-state index in [0.29, 0.717) is 18.0 Å². The molecule has 0 spiro atoms. The monoisotopic (exact) mass is 373 g/mol. The third-order valence-corrected chi connectivity index (χ3v) is 4.74. The highest BCUT2D eigenvalue weighted by Gasteiger charge is 2.20. The number of aromatic nitrogens is 2. The van der Waals surface area contributed by atoms with Crippen molar-refractivity contribution in [3.63, 3.8) is 0 Å². The second kappa shape index (κ2) is 8.77. The summed E-state index contributed by atoms with van der Waals surface area (Å²) in [7, 11) is 4.98. The molecule has 0 atom stereocenters. The zero-order valence-electron chi connectivity index (χ0n) is 16.1. The lowest BCUT2D eigenvalue weighted by molar-refractivity contribution is 0.0944. The van der Waals surface area contributed by atoms with Gasteiger partial charge in [0.15, 0.2) is 0 Å². The molecule has 8 nitrogen and oxygen atoms in total. The average molecular weight is 373 g/mol. The van der Waals surface area contributed by atoms with E-state index in [4.69, 9.17) is 9.47 Å². The third kappa shape index (κ3) is 4.51. The summed E-state index contributed by atoms with van der Waals surface area (Å²) in [6.07, 6.45) is 1.67. The predicted octanol–water partition coefficient (Wildman–Crippen LogP) is 0.989. The van der Waals surface area contributed by atoms with E-state index in [1.165, 1.54) is 7.11 Å². The van der Waals surface area contributed by atoms with Crippen LogP contribution in [0.5, 0.6) is 11.6 Å². The first kappa shape index (κ1) is 19.0. The van der Waals surface area contributed by atoms with Crippen LogP contribution in [0.3, 0.4) is 0 Å². The van der Waals surface area contributed by atoms with Crippen molar-refractivity contribution in [3.8, 4) is 11.6 Å². The van der Waals surface area contributed by atoms with E-state index in [2.05, 4.69) is 26.3 Å². The number of methoxy groups -OCH3 is 2. The number of piperazine rings is 1. The van der Waals surface area contributed by atoms with E-state index in [0.717, 1.165) is 44.2 Å². The Morgan fingerprint density at radius 2 is 1.89 bits per heavy atom. The molecule has 1 N–H and O–H groups in total. The zero-order chi connectivity index (χ0) is 19.2. The van der Waals surface area contributed by atoms with Gasteiger partial charge in [0.25, 0.3) is 5.91 Å². The van der Waals surface area contributed by atoms with Crippen LogP contribution in [0.25, 0.3) is 0 Å². The Morgan fingerprint density at radius 1 is 1.15 bits per heavy atom. The second-order valence-electron chi connectivity index (χ2n) is 6.48. The highest BCUT2D eigenvalue weighted by atomic mass is 16.5. The quantitative estimate of drug-likeness (QED) is 0.780. The van der Waals surface area contributed by atoms with Crippen molar-refractivity contribution in [2.24, 2.45) is 7.05 Å². The van der Waals surface area contributed by atoms with Crippen LogP contribution in [0.15, 0.2) is 30.5 Å². The minimum Gasteiger partial charge on any atom is -0.495 e. The summed E-state index contributed by atoms with van der Waals surface area (Å²) in [4.78, 5) is 17.0. The normalized spacial score (nSPS) is 14.9. The van der Waals surface area contributed by atoms with Gasteiger partial charge < -0.3 is 19.7 Å². The Morgan fingerprint density at radius 3 is 2.59 bits per heavy atom. The first-order valence-electron chi connectivity index (χ1n) is 9.08. The van der Waals surface area contributed by atoms with Gasteiger partial charge >= 0.3 is 0 Å². The van der Waals surface area contributed by atoms with Gasteiger partial charge in [0.1, 0.15) is 11.3 Å². The van der Waals surface area contributed by atoms with Crippen LogP contribution in [0.4, 0.5) is 5.69 Å². The number of aryl methyl sites for hydroxylation is 1. The number of ether oxygens (including phenoxy) is 2. The van der Waals surface area contributed by atoms with Crippen LogP contribution in [0, 0.1) is 0 Å². The number of amides is 1. The Kier molecular flexibility index (Phi) is 6.18. The summed E-state index contributed by atoms with van der Waals surface area (Å²) >= 11 is 0. The Labute approximate surface area is 159 Å². The van der Waals surface area contributed by atoms with Crippen molar-refractivity contribution in [1.29, 1.82) is 0 Å². The molecule has 0 saturated carbocycles. The molecule has 2 heterocycles. The van der Waals surface area contributed by atoms with Crippen molar-refractivity contribution >= 4 is 11.6 Å². The van der Waals surface area contributed by atoms with Crippen LogP contribution in [-0.4, -0.2) is 74.1 Å². The topological polar surface area (TPSA) is 71.9 Å². The van der Waals surface area contributed by atoms with E-state index < -0.39 is 0 Å². The molecule has 1 aromatic heterocycles. The molecule has 1 aliphatic rings. The maximum Gasteiger partial charge on any atom is 0.258 e. The summed E-state index contributed by atoms with van der Waals surface area (Å²) < 4.78 is 12.2. The molecule has 0 unspecified atom stereocenters. The van der Waals surface area contributed by atoms with Gasteiger partial charge in [0.2, 0.25) is 5.88 Å². The maximum atomic E-state index is 12.3. The number of nitrogens with zero attached hydrogens (tertiary/aromatic N) is 4. The number of hydrogen-bond donors (Lipinski definition) is 1. The van der Waals surface area contributed by atoms with Crippen LogP contribution in [0.1, 0.15) is 10.4 Å². The van der Waals surface area contributed by atoms with Crippen molar-refractivity contribution in [1.82, 2.24) is 20.0 Å². The van der Waals surface area contributed by atoms with Crippen LogP contribution in [0.2, 0.25) is 0 Å². The molecule has 0 radical (unpaired) electrons. The number of carbonyl (C=O) groups excluding carboxylic acids is 1. The molecule has 0 bridgehead atoms. The third-order valence-electron chi connectivity index (χ3n) is 4.74. The number of rotatable bonds is 7. The van der Waals surface area contributed by atoms with Gasteiger partial charge in [0.05, 0.1) is 19.9 Å². The Bertz CT molecular complexity index is 768. The predicted molar refractivity (Wildman–Crippen MR) is 104 cm³/mol. The SMILES string of the molecule is COc1ccccc1N1CCN(CCNC(=O)c2cn(C)nc2OC)CC1. The molecule has 0 aliphatic carbocycles. The van der Waals surface area contributed by atoms with Crippen molar-refractivity contribution < 1.29 is 14.3 Å². The first-order valence-corrected chi connectivity index (χ1v) is 9.08. The smallest absolute Gasteiger partial charge is 0.258 e. The molecule has 1 amide bonds. The average Bonchev–Trinajstić information content (AvgIpc) is 3.09. The van der Waals surface area contributed by atoms with Crippen LogP contribution >= 0.6 is 0 Å². The molecule has 3 rings (SSSR count). The second-order valence-corrected chi connectivity index (χ2v) is 6.48. The summed E-state index contributed by atoms with van der Waals surface area (Å²) in [5.74, 6) is 1.09. The number of nitrogens with one attached hydrogen (secondary N) is 1. The summed E-state index contributed by atoms with van der Waals surface area (Å²) in [5.41, 5.74) is 1.60. The highest BCUT2D eigenvalue weighted by molar-refractivity contribution is 5.96. The van der Waals surface area contributed by atoms with Gasteiger partial charge in [-0.1, -0.05) is 12.1 Å². The lowest BCUT2D eigenvalue weighted by Crippen LogP contribution is -2.48. The van der Waals surface area contributed by atoms with E-state index >= 15 is 0 Å². The number of para-hydroxylation sites is 2. The van der Waals surface area contributed by atoms with Crippen molar-refractivity contribution in [2.45, 2.75) is 0 Å². The fraction of sp³-hybridized carbons (Fsp3) is 0.474. The minimum absolute atomic E-state index is 0.160. The first-order chi connectivity index (χ1) is 13.1. The van der Waals surface area contributed by atoms with E-state index in [1.54, 1.807) is 25.0 Å². The molecule has 27 heavy (non-hydrogen) atoms. The van der Waals surface area contributed by atoms with Crippen molar-refractivity contribution in [2.75, 3.05) is 58.4 Å². The summed E-state index contributed by atoms with van der Waals surface area (Å²) in [6, 6.07) is 8.10. The molecular weight excluding hydrogens is 346 g/mol. The fourth-order valence-electron chi connectivity index (χ4n) is 3.30. The molecule has 1 fully saturated rings. The Hall–Kier alpha value is -2.74. The number of hydrogen-bond acceptors (Lipinski definition) is 6. The maximum absolute atomic E-state index is 12.3. The molecule has 1 aliphatic heterocycles. The lowest BCUT2D eigenvalue weighted by Gasteiger charge is -2.36. The van der Waals surface area contributed by atoms with Gasteiger partial charge in [0, 0.05) is 52.5 Å². The number of anilines is 1. The molecule has 1 saturated heterocycles. The van der Waals surface area contributed by atoms with Gasteiger partial charge in [-0.25, -0.2) is 0 Å². The van der Waals surface area contributed by atoms with Gasteiger partial charge in [-0.05, 0) is 12.1 Å². The summed E-state index contributed by atoms with van der Waals surface area (Å²) in [5, 5.41) is 7.05. The zero-order valence-corrected chi connectivity index (χ0v) is 16.1. The molecule has 2 aromatic rings. The highest BCUT2D eigenvalue weighted by Crippen LogP contribution is 2.28. The molecular formula is C19H27N5O3. The number of carbonyl (C=O) groups is 1. The fourth-order valence-corrected chi connectivity index (χ4v) is 3.30. The van der Waals surface area contributed by atoms with Gasteiger partial charge in [-0.15, -0.1) is 5.10 Å². The van der Waals surface area contributed by atoms with Gasteiger partial charge in [-0.3, -0.25) is 14.4 Å². The van der Waals surface area contributed by atoms with Crippen LogP contribution < -0.4 is 19.7 Å². The van der Waals surface area contributed by atoms with E-state index in [-0.39, 0.29) is 5.91 Å². The van der Waals surface area contributed by atoms with E-state index in [9.17, 15) is 4.79 Å². The number of benzene rings is 1. The lowest BCUT2D eigenvalue weighted by atomic mass is 10.2. The molecule has 146 valence electrons. The largest absolute Gasteiger partial charge is 0.495 e. The molecule has 1 aromatic carbocycles. The van der Waals surface area contributed by atoms with E-state index in [1.807, 2.05) is 18.2 Å². The minimum atomic E-state index is -0.160. The van der Waals surface area contributed by atoms with Crippen LogP contribution in [-0.2, 0) is 7.05 Å². The standard InChI is InChI=1S/C19H27N5O3/c1-22-14-15(19(21-22)27-3)18(25)20-8-9-23-10-12-24(13-11-23)16-6-4-5-7-17(16)26-2/h4-7,14H,8-13H2,1-3H3,(H,20,25).